The second-order valence-corrected chi connectivity index (χ2v) is 6.26. The summed E-state index contributed by atoms with van der Waals surface area (Å²) in [5.41, 5.74) is 3.39. The number of hydrogen-bond acceptors (Lipinski definition) is 5. The highest BCUT2D eigenvalue weighted by Gasteiger charge is 2.23. The molecule has 0 saturated carbocycles. The number of rotatable bonds is 3. The van der Waals surface area contributed by atoms with E-state index in [0.29, 0.717) is 0 Å². The fraction of sp³-hybridized carbons (Fsp3) is 0.562. The van der Waals surface area contributed by atoms with E-state index in [1.807, 2.05) is 44.0 Å². The van der Waals surface area contributed by atoms with Crippen molar-refractivity contribution in [3.8, 4) is 5.75 Å². The lowest BCUT2D eigenvalue weighted by Gasteiger charge is -2.36. The number of carbonyl (C=O) groups excluding carboxylic acids is 1. The molecule has 22 heavy (non-hydrogen) atoms. The first-order valence-electron chi connectivity index (χ1n) is 7.51. The van der Waals surface area contributed by atoms with Crippen molar-refractivity contribution in [3.05, 3.63) is 24.3 Å². The van der Waals surface area contributed by atoms with E-state index in [1.54, 1.807) is 7.11 Å². The maximum Gasteiger partial charge on any atom is 0.422 e. The van der Waals surface area contributed by atoms with Crippen molar-refractivity contribution in [3.63, 3.8) is 0 Å². The van der Waals surface area contributed by atoms with Gasteiger partial charge in [-0.1, -0.05) is 12.1 Å². The van der Waals surface area contributed by atoms with Crippen LogP contribution in [0.15, 0.2) is 24.3 Å². The van der Waals surface area contributed by atoms with Crippen LogP contribution in [-0.2, 0) is 4.74 Å². The van der Waals surface area contributed by atoms with Crippen LogP contribution in [0.25, 0.3) is 0 Å². The molecule has 1 amide bonds. The highest BCUT2D eigenvalue weighted by molar-refractivity contribution is 5.67. The van der Waals surface area contributed by atoms with Crippen LogP contribution in [0.5, 0.6) is 5.75 Å². The van der Waals surface area contributed by atoms with Gasteiger partial charge in [0.2, 0.25) is 0 Å². The lowest BCUT2D eigenvalue weighted by molar-refractivity contribution is 0.0320. The molecular weight excluding hydrogens is 282 g/mol. The topological polar surface area (TPSA) is 54.0 Å². The number of piperazine rings is 1. The van der Waals surface area contributed by atoms with Crippen LogP contribution in [0.2, 0.25) is 0 Å². The Bertz CT molecular complexity index is 506. The molecule has 1 heterocycles. The molecule has 122 valence electrons. The van der Waals surface area contributed by atoms with Crippen LogP contribution in [-0.4, -0.2) is 50.0 Å². The second-order valence-electron chi connectivity index (χ2n) is 6.26. The van der Waals surface area contributed by atoms with Crippen molar-refractivity contribution in [2.45, 2.75) is 26.4 Å². The highest BCUT2D eigenvalue weighted by atomic mass is 16.6. The number of amides is 1. The largest absolute Gasteiger partial charge is 0.495 e. The monoisotopic (exact) mass is 307 g/mol. The van der Waals surface area contributed by atoms with Crippen molar-refractivity contribution in [2.75, 3.05) is 38.2 Å². The number of benzene rings is 1. The number of carbonyl (C=O) groups is 1. The third kappa shape index (κ3) is 4.53. The Morgan fingerprint density at radius 2 is 1.77 bits per heavy atom. The number of anilines is 1. The molecule has 0 aliphatic carbocycles. The Kier molecular flexibility index (Phi) is 5.13. The van der Waals surface area contributed by atoms with Gasteiger partial charge in [-0.25, -0.2) is 9.80 Å². The quantitative estimate of drug-likeness (QED) is 0.928. The summed E-state index contributed by atoms with van der Waals surface area (Å²) in [4.78, 5) is 14.0. The molecule has 0 atom stereocenters. The van der Waals surface area contributed by atoms with Crippen LogP contribution in [0.1, 0.15) is 20.8 Å². The smallest absolute Gasteiger partial charge is 0.422 e. The molecule has 0 spiro atoms. The first kappa shape index (κ1) is 16.4. The van der Waals surface area contributed by atoms with Gasteiger partial charge in [-0.2, -0.15) is 0 Å². The number of hydrazine groups is 1. The highest BCUT2D eigenvalue weighted by Crippen LogP contribution is 2.28. The number of nitrogens with zero attached hydrogens (tertiary/aromatic N) is 2. The zero-order valence-corrected chi connectivity index (χ0v) is 13.8. The van der Waals surface area contributed by atoms with Gasteiger partial charge < -0.3 is 14.4 Å². The van der Waals surface area contributed by atoms with Gasteiger partial charge in [0.05, 0.1) is 12.8 Å². The summed E-state index contributed by atoms with van der Waals surface area (Å²) in [6.07, 6.45) is -0.404. The van der Waals surface area contributed by atoms with Gasteiger partial charge in [-0.3, -0.25) is 5.43 Å². The Labute approximate surface area is 132 Å². The number of nitrogens with one attached hydrogen (secondary N) is 1. The normalized spacial score (nSPS) is 16.3. The van der Waals surface area contributed by atoms with Gasteiger partial charge in [-0.15, -0.1) is 0 Å². The average Bonchev–Trinajstić information content (AvgIpc) is 2.46. The van der Waals surface area contributed by atoms with Gasteiger partial charge in [-0.05, 0) is 32.9 Å². The minimum absolute atomic E-state index is 0.404. The summed E-state index contributed by atoms with van der Waals surface area (Å²) >= 11 is 0. The Balaban J connectivity index is 1.87. The third-order valence-corrected chi connectivity index (χ3v) is 3.35. The summed E-state index contributed by atoms with van der Waals surface area (Å²) in [7, 11) is 1.68. The summed E-state index contributed by atoms with van der Waals surface area (Å²) in [6, 6.07) is 7.97. The summed E-state index contributed by atoms with van der Waals surface area (Å²) in [6.45, 7) is 8.66. The molecule has 0 unspecified atom stereocenters. The van der Waals surface area contributed by atoms with E-state index in [1.165, 1.54) is 0 Å². The Morgan fingerprint density at radius 3 is 2.36 bits per heavy atom. The molecule has 0 aromatic heterocycles. The van der Waals surface area contributed by atoms with E-state index < -0.39 is 11.7 Å². The summed E-state index contributed by atoms with van der Waals surface area (Å²) in [5.74, 6) is 0.871. The maximum absolute atomic E-state index is 11.8. The zero-order chi connectivity index (χ0) is 16.2. The molecule has 6 heteroatoms. The molecule has 1 aliphatic rings. The van der Waals surface area contributed by atoms with E-state index in [-0.39, 0.29) is 0 Å². The number of ether oxygens (including phenoxy) is 2. The van der Waals surface area contributed by atoms with Crippen LogP contribution in [0, 0.1) is 0 Å². The molecule has 1 aromatic rings. The molecule has 0 radical (unpaired) electrons. The standard InChI is InChI=1S/C16H25N3O3/c1-16(2,3)22-15(20)17-19-11-9-18(10-12-19)13-7-5-6-8-14(13)21-4/h5-8H,9-12H2,1-4H3,(H,17,20). The lowest BCUT2D eigenvalue weighted by atomic mass is 10.2. The molecule has 0 bridgehead atoms. The van der Waals surface area contributed by atoms with Crippen LogP contribution in [0.4, 0.5) is 10.5 Å². The first-order chi connectivity index (χ1) is 10.4. The van der Waals surface area contributed by atoms with Gasteiger partial charge in [0.25, 0.3) is 0 Å². The predicted molar refractivity (Wildman–Crippen MR) is 86.1 cm³/mol. The van der Waals surface area contributed by atoms with Crippen molar-refractivity contribution in [2.24, 2.45) is 0 Å². The third-order valence-electron chi connectivity index (χ3n) is 3.35. The van der Waals surface area contributed by atoms with Crippen LogP contribution in [0.3, 0.4) is 0 Å². The van der Waals surface area contributed by atoms with Crippen LogP contribution < -0.4 is 15.1 Å². The van der Waals surface area contributed by atoms with Crippen molar-refractivity contribution in [1.82, 2.24) is 10.4 Å². The predicted octanol–water partition coefficient (Wildman–Crippen LogP) is 2.26. The summed E-state index contributed by atoms with van der Waals surface area (Å²) in [5, 5.41) is 1.89. The minimum atomic E-state index is -0.483. The lowest BCUT2D eigenvalue weighted by Crippen LogP contribution is -2.54. The molecule has 1 fully saturated rings. The average molecular weight is 307 g/mol. The fourth-order valence-corrected chi connectivity index (χ4v) is 2.38. The van der Waals surface area contributed by atoms with E-state index in [0.717, 1.165) is 37.6 Å². The molecule has 1 aromatic carbocycles. The Hall–Kier alpha value is -1.95. The Morgan fingerprint density at radius 1 is 1.14 bits per heavy atom. The molecule has 1 aliphatic heterocycles. The van der Waals surface area contributed by atoms with E-state index in [2.05, 4.69) is 16.4 Å². The number of methoxy groups -OCH3 is 1. The molecule has 1 N–H and O–H groups in total. The van der Waals surface area contributed by atoms with E-state index in [9.17, 15) is 4.79 Å². The van der Waals surface area contributed by atoms with Gasteiger partial charge >= 0.3 is 6.09 Å². The SMILES string of the molecule is COc1ccccc1N1CCN(NC(=O)OC(C)(C)C)CC1. The minimum Gasteiger partial charge on any atom is -0.495 e. The molecule has 2 rings (SSSR count). The van der Waals surface area contributed by atoms with Crippen LogP contribution >= 0.6 is 0 Å². The van der Waals surface area contributed by atoms with Gasteiger partial charge in [0, 0.05) is 26.2 Å². The van der Waals surface area contributed by atoms with E-state index in [4.69, 9.17) is 9.47 Å². The van der Waals surface area contributed by atoms with Crippen molar-refractivity contribution < 1.29 is 14.3 Å². The van der Waals surface area contributed by atoms with Crippen molar-refractivity contribution >= 4 is 11.8 Å². The first-order valence-corrected chi connectivity index (χ1v) is 7.51. The fourth-order valence-electron chi connectivity index (χ4n) is 2.38. The zero-order valence-electron chi connectivity index (χ0n) is 13.8. The number of hydrogen-bond donors (Lipinski definition) is 1. The van der Waals surface area contributed by atoms with Gasteiger partial charge in [0.15, 0.2) is 0 Å². The van der Waals surface area contributed by atoms with Gasteiger partial charge in [0.1, 0.15) is 11.4 Å². The van der Waals surface area contributed by atoms with Crippen molar-refractivity contribution in [1.29, 1.82) is 0 Å². The molecular formula is C16H25N3O3. The number of para-hydroxylation sites is 2. The molecule has 1 saturated heterocycles. The van der Waals surface area contributed by atoms with E-state index >= 15 is 0 Å². The molecule has 6 nitrogen and oxygen atoms in total. The summed E-state index contributed by atoms with van der Waals surface area (Å²) < 4.78 is 10.7. The second kappa shape index (κ2) is 6.87. The maximum atomic E-state index is 11.8.